The summed E-state index contributed by atoms with van der Waals surface area (Å²) in [5.41, 5.74) is 7.70. The van der Waals surface area contributed by atoms with E-state index in [4.69, 9.17) is 10.5 Å². The van der Waals surface area contributed by atoms with Crippen LogP contribution in [0.3, 0.4) is 0 Å². The van der Waals surface area contributed by atoms with Crippen molar-refractivity contribution in [1.29, 1.82) is 0 Å². The summed E-state index contributed by atoms with van der Waals surface area (Å²) in [5, 5.41) is 9.92. The molecular weight excluding hydrogens is 190 g/mol. The molecule has 0 bridgehead atoms. The number of aliphatic hydroxyl groups excluding tert-OH is 1. The van der Waals surface area contributed by atoms with Crippen molar-refractivity contribution in [3.8, 4) is 0 Å². The van der Waals surface area contributed by atoms with E-state index in [0.717, 1.165) is 17.5 Å². The van der Waals surface area contributed by atoms with Crippen molar-refractivity contribution < 1.29 is 9.84 Å². The Labute approximate surface area is 90.9 Å². The van der Waals surface area contributed by atoms with Crippen LogP contribution >= 0.6 is 0 Å². The van der Waals surface area contributed by atoms with Crippen LogP contribution in [0.25, 0.3) is 0 Å². The molecule has 84 valence electrons. The van der Waals surface area contributed by atoms with Crippen molar-refractivity contribution in [2.24, 2.45) is 5.73 Å². The highest BCUT2D eigenvalue weighted by atomic mass is 16.5. The van der Waals surface area contributed by atoms with Gasteiger partial charge in [0.15, 0.2) is 0 Å². The van der Waals surface area contributed by atoms with E-state index in [1.54, 1.807) is 7.11 Å². The molecule has 0 fully saturated rings. The maximum absolute atomic E-state index is 9.92. The SMILES string of the molecule is CCC(N)C(O)c1cccc(COC)c1. The molecule has 0 spiro atoms. The highest BCUT2D eigenvalue weighted by molar-refractivity contribution is 5.25. The van der Waals surface area contributed by atoms with Gasteiger partial charge in [-0.2, -0.15) is 0 Å². The molecule has 1 rings (SSSR count). The Hall–Kier alpha value is -0.900. The Kier molecular flexibility index (Phi) is 4.75. The van der Waals surface area contributed by atoms with Crippen LogP contribution in [0.5, 0.6) is 0 Å². The maximum atomic E-state index is 9.92. The lowest BCUT2D eigenvalue weighted by molar-refractivity contribution is 0.143. The van der Waals surface area contributed by atoms with Gasteiger partial charge in [0.25, 0.3) is 0 Å². The molecular formula is C12H19NO2. The molecule has 3 heteroatoms. The third-order valence-electron chi connectivity index (χ3n) is 2.48. The Bertz CT molecular complexity index is 301. The second-order valence-corrected chi connectivity index (χ2v) is 3.69. The summed E-state index contributed by atoms with van der Waals surface area (Å²) in [4.78, 5) is 0. The van der Waals surface area contributed by atoms with Gasteiger partial charge in [0.2, 0.25) is 0 Å². The number of hydrogen-bond acceptors (Lipinski definition) is 3. The lowest BCUT2D eigenvalue weighted by atomic mass is 9.99. The highest BCUT2D eigenvalue weighted by Crippen LogP contribution is 2.18. The quantitative estimate of drug-likeness (QED) is 0.774. The van der Waals surface area contributed by atoms with Gasteiger partial charge in [-0.3, -0.25) is 0 Å². The predicted molar refractivity (Wildman–Crippen MR) is 60.4 cm³/mol. The van der Waals surface area contributed by atoms with Crippen molar-refractivity contribution in [3.05, 3.63) is 35.4 Å². The van der Waals surface area contributed by atoms with Crippen LogP contribution < -0.4 is 5.73 Å². The molecule has 0 aromatic heterocycles. The number of nitrogens with two attached hydrogens (primary N) is 1. The zero-order valence-corrected chi connectivity index (χ0v) is 9.31. The number of rotatable bonds is 5. The molecule has 2 unspecified atom stereocenters. The minimum Gasteiger partial charge on any atom is -0.387 e. The molecule has 0 saturated carbocycles. The van der Waals surface area contributed by atoms with E-state index in [1.165, 1.54) is 0 Å². The van der Waals surface area contributed by atoms with Crippen molar-refractivity contribution in [2.45, 2.75) is 32.1 Å². The first-order chi connectivity index (χ1) is 7.19. The molecule has 3 N–H and O–H groups in total. The summed E-state index contributed by atoms with van der Waals surface area (Å²) < 4.78 is 5.04. The van der Waals surface area contributed by atoms with E-state index in [2.05, 4.69) is 0 Å². The van der Waals surface area contributed by atoms with Crippen LogP contribution in [0, 0.1) is 0 Å². The minimum atomic E-state index is -0.591. The van der Waals surface area contributed by atoms with Gasteiger partial charge in [0, 0.05) is 13.2 Å². The number of hydrogen-bond donors (Lipinski definition) is 2. The van der Waals surface area contributed by atoms with E-state index in [0.29, 0.717) is 6.61 Å². The van der Waals surface area contributed by atoms with E-state index in [-0.39, 0.29) is 6.04 Å². The van der Waals surface area contributed by atoms with Gasteiger partial charge in [0.05, 0.1) is 12.7 Å². The van der Waals surface area contributed by atoms with E-state index >= 15 is 0 Å². The molecule has 1 aromatic carbocycles. The average Bonchev–Trinajstić information content (AvgIpc) is 2.28. The van der Waals surface area contributed by atoms with Crippen LogP contribution in [-0.2, 0) is 11.3 Å². The molecule has 0 amide bonds. The third-order valence-corrected chi connectivity index (χ3v) is 2.48. The Morgan fingerprint density at radius 1 is 1.47 bits per heavy atom. The first-order valence-electron chi connectivity index (χ1n) is 5.20. The summed E-state index contributed by atoms with van der Waals surface area (Å²) in [6, 6.07) is 7.50. The van der Waals surface area contributed by atoms with Gasteiger partial charge >= 0.3 is 0 Å². The molecule has 0 saturated heterocycles. The monoisotopic (exact) mass is 209 g/mol. The minimum absolute atomic E-state index is 0.206. The largest absolute Gasteiger partial charge is 0.387 e. The van der Waals surface area contributed by atoms with E-state index in [9.17, 15) is 5.11 Å². The van der Waals surface area contributed by atoms with Crippen molar-refractivity contribution in [1.82, 2.24) is 0 Å². The Morgan fingerprint density at radius 2 is 2.20 bits per heavy atom. The third kappa shape index (κ3) is 3.30. The fourth-order valence-corrected chi connectivity index (χ4v) is 1.50. The van der Waals surface area contributed by atoms with Crippen LogP contribution in [0.15, 0.2) is 24.3 Å². The number of benzene rings is 1. The van der Waals surface area contributed by atoms with Gasteiger partial charge < -0.3 is 15.6 Å². The first-order valence-corrected chi connectivity index (χ1v) is 5.20. The topological polar surface area (TPSA) is 55.5 Å². The lowest BCUT2D eigenvalue weighted by Gasteiger charge is -2.18. The normalized spacial score (nSPS) is 14.9. The van der Waals surface area contributed by atoms with Gasteiger partial charge in [-0.25, -0.2) is 0 Å². The highest BCUT2D eigenvalue weighted by Gasteiger charge is 2.14. The first kappa shape index (κ1) is 12.2. The summed E-state index contributed by atoms with van der Waals surface area (Å²) in [7, 11) is 1.65. The Morgan fingerprint density at radius 3 is 2.80 bits per heavy atom. The van der Waals surface area contributed by atoms with Crippen molar-refractivity contribution in [2.75, 3.05) is 7.11 Å². The average molecular weight is 209 g/mol. The second-order valence-electron chi connectivity index (χ2n) is 3.69. The molecule has 0 aliphatic heterocycles. The van der Waals surface area contributed by atoms with E-state index < -0.39 is 6.10 Å². The molecule has 1 aromatic rings. The zero-order valence-electron chi connectivity index (χ0n) is 9.31. The Balaban J connectivity index is 2.80. The van der Waals surface area contributed by atoms with Gasteiger partial charge in [-0.05, 0) is 17.5 Å². The van der Waals surface area contributed by atoms with Crippen molar-refractivity contribution in [3.63, 3.8) is 0 Å². The van der Waals surface area contributed by atoms with Gasteiger partial charge in [0.1, 0.15) is 0 Å². The van der Waals surface area contributed by atoms with Crippen LogP contribution in [0.2, 0.25) is 0 Å². The molecule has 3 nitrogen and oxygen atoms in total. The standard InChI is InChI=1S/C12H19NO2/c1-3-11(13)12(14)10-6-4-5-9(7-10)8-15-2/h4-7,11-12,14H,3,8,13H2,1-2H3. The zero-order chi connectivity index (χ0) is 11.3. The molecule has 0 aliphatic rings. The van der Waals surface area contributed by atoms with E-state index in [1.807, 2.05) is 31.2 Å². The molecule has 0 radical (unpaired) electrons. The molecule has 2 atom stereocenters. The number of aliphatic hydroxyl groups is 1. The van der Waals surface area contributed by atoms with Crippen LogP contribution in [0.1, 0.15) is 30.6 Å². The smallest absolute Gasteiger partial charge is 0.0940 e. The summed E-state index contributed by atoms with van der Waals surface area (Å²) >= 11 is 0. The number of ether oxygens (including phenoxy) is 1. The summed E-state index contributed by atoms with van der Waals surface area (Å²) in [6.07, 6.45) is 0.169. The fourth-order valence-electron chi connectivity index (χ4n) is 1.50. The molecule has 0 aliphatic carbocycles. The summed E-state index contributed by atoms with van der Waals surface area (Å²) in [6.45, 7) is 2.52. The lowest BCUT2D eigenvalue weighted by Crippen LogP contribution is -2.27. The van der Waals surface area contributed by atoms with Crippen LogP contribution in [-0.4, -0.2) is 18.3 Å². The fraction of sp³-hybridized carbons (Fsp3) is 0.500. The maximum Gasteiger partial charge on any atom is 0.0940 e. The predicted octanol–water partition coefficient (Wildman–Crippen LogP) is 1.60. The van der Waals surface area contributed by atoms with Crippen LogP contribution in [0.4, 0.5) is 0 Å². The number of methoxy groups -OCH3 is 1. The van der Waals surface area contributed by atoms with Crippen molar-refractivity contribution >= 4 is 0 Å². The molecule has 0 heterocycles. The molecule has 15 heavy (non-hydrogen) atoms. The summed E-state index contributed by atoms with van der Waals surface area (Å²) in [5.74, 6) is 0. The van der Waals surface area contributed by atoms with Gasteiger partial charge in [-0.1, -0.05) is 31.2 Å². The van der Waals surface area contributed by atoms with Gasteiger partial charge in [-0.15, -0.1) is 0 Å². The second kappa shape index (κ2) is 5.85.